The molecule has 1 aliphatic heterocycles. The number of carbonyl (C=O) groups excluding carboxylic acids is 1. The Morgan fingerprint density at radius 2 is 2.24 bits per heavy atom. The Balaban J connectivity index is 1.82. The van der Waals surface area contributed by atoms with Gasteiger partial charge in [-0.2, -0.15) is 0 Å². The number of rotatable bonds is 4. The molecule has 0 radical (unpaired) electrons. The molecule has 0 bridgehead atoms. The van der Waals surface area contributed by atoms with Gasteiger partial charge in [0.05, 0.1) is 8.45 Å². The molecule has 94 valence electrons. The maximum Gasteiger partial charge on any atom is 0.254 e. The van der Waals surface area contributed by atoms with Gasteiger partial charge in [0.25, 0.3) is 5.91 Å². The molecule has 2 rings (SSSR count). The van der Waals surface area contributed by atoms with Crippen LogP contribution in [0.5, 0.6) is 0 Å². The van der Waals surface area contributed by atoms with Gasteiger partial charge in [-0.25, -0.2) is 0 Å². The molecule has 0 unspecified atom stereocenters. The molecule has 2 heterocycles. The molecule has 0 aromatic carbocycles. The first-order chi connectivity index (χ1) is 8.16. The van der Waals surface area contributed by atoms with Gasteiger partial charge in [-0.3, -0.25) is 4.79 Å². The third-order valence-electron chi connectivity index (χ3n) is 3.11. The van der Waals surface area contributed by atoms with Gasteiger partial charge < -0.3 is 9.80 Å². The molecule has 5 heteroatoms. The van der Waals surface area contributed by atoms with Gasteiger partial charge in [0.2, 0.25) is 0 Å². The highest BCUT2D eigenvalue weighted by atomic mass is 127. The van der Waals surface area contributed by atoms with E-state index in [9.17, 15) is 4.79 Å². The number of hydrogen-bond donors (Lipinski definition) is 0. The van der Waals surface area contributed by atoms with E-state index in [1.807, 2.05) is 23.4 Å². The first-order valence-electron chi connectivity index (χ1n) is 5.88. The van der Waals surface area contributed by atoms with Gasteiger partial charge in [-0.1, -0.05) is 0 Å². The molecule has 1 saturated heterocycles. The van der Waals surface area contributed by atoms with Crippen molar-refractivity contribution in [2.24, 2.45) is 0 Å². The van der Waals surface area contributed by atoms with E-state index in [2.05, 4.69) is 27.5 Å². The number of likely N-dealkylation sites (tertiary alicyclic amines) is 1. The highest BCUT2D eigenvalue weighted by molar-refractivity contribution is 14.1. The lowest BCUT2D eigenvalue weighted by Gasteiger charge is -2.21. The van der Waals surface area contributed by atoms with Crippen LogP contribution in [0.25, 0.3) is 0 Å². The third kappa shape index (κ3) is 3.66. The maximum absolute atomic E-state index is 12.1. The van der Waals surface area contributed by atoms with Crippen LogP contribution in [0.15, 0.2) is 11.4 Å². The number of hydrogen-bond acceptors (Lipinski definition) is 3. The summed E-state index contributed by atoms with van der Waals surface area (Å²) < 4.78 is 1.17. The lowest BCUT2D eigenvalue weighted by Crippen LogP contribution is -2.35. The summed E-state index contributed by atoms with van der Waals surface area (Å²) in [5, 5.41) is 1.94. The molecule has 0 N–H and O–H groups in total. The van der Waals surface area contributed by atoms with Crippen LogP contribution in [0, 0.1) is 2.88 Å². The Bertz CT molecular complexity index is 388. The summed E-state index contributed by atoms with van der Waals surface area (Å²) in [4.78, 5) is 16.3. The van der Waals surface area contributed by atoms with Gasteiger partial charge in [0, 0.05) is 25.5 Å². The first kappa shape index (κ1) is 13.3. The van der Waals surface area contributed by atoms with Crippen LogP contribution in [0.1, 0.15) is 23.2 Å². The van der Waals surface area contributed by atoms with Crippen molar-refractivity contribution in [1.82, 2.24) is 9.80 Å². The van der Waals surface area contributed by atoms with Crippen LogP contribution < -0.4 is 0 Å². The predicted octanol–water partition coefficient (Wildman–Crippen LogP) is 2.52. The second-order valence-electron chi connectivity index (χ2n) is 4.41. The molecule has 1 aliphatic rings. The smallest absolute Gasteiger partial charge is 0.254 e. The first-order valence-corrected chi connectivity index (χ1v) is 7.84. The molecule has 1 amide bonds. The van der Waals surface area contributed by atoms with Gasteiger partial charge >= 0.3 is 0 Å². The van der Waals surface area contributed by atoms with Crippen molar-refractivity contribution in [3.63, 3.8) is 0 Å². The molecule has 0 spiro atoms. The van der Waals surface area contributed by atoms with Gasteiger partial charge in [-0.05, 0) is 54.6 Å². The van der Waals surface area contributed by atoms with Gasteiger partial charge in [-0.15, -0.1) is 11.3 Å². The van der Waals surface area contributed by atoms with E-state index in [0.717, 1.165) is 18.7 Å². The normalized spacial score (nSPS) is 16.4. The van der Waals surface area contributed by atoms with E-state index < -0.39 is 0 Å². The van der Waals surface area contributed by atoms with E-state index >= 15 is 0 Å². The fourth-order valence-electron chi connectivity index (χ4n) is 2.04. The topological polar surface area (TPSA) is 23.6 Å². The number of thiophene rings is 1. The fraction of sp³-hybridized carbons (Fsp3) is 0.583. The minimum absolute atomic E-state index is 0.142. The van der Waals surface area contributed by atoms with Crippen LogP contribution in [0.2, 0.25) is 0 Å². The zero-order valence-corrected chi connectivity index (χ0v) is 13.0. The molecule has 3 nitrogen and oxygen atoms in total. The summed E-state index contributed by atoms with van der Waals surface area (Å²) in [5.41, 5.74) is 0.823. The standard InChI is InChI=1S/C12H17IN2OS/c1-14(6-7-15-4-2-3-5-15)12(16)10-8-11(13)17-9-10/h8-9H,2-7H2,1H3. The number of carbonyl (C=O) groups is 1. The van der Waals surface area contributed by atoms with Crippen molar-refractivity contribution in [2.75, 3.05) is 33.2 Å². The van der Waals surface area contributed by atoms with E-state index in [0.29, 0.717) is 0 Å². The molecule has 0 aliphatic carbocycles. The highest BCUT2D eigenvalue weighted by Crippen LogP contribution is 2.17. The van der Waals surface area contributed by atoms with Crippen molar-refractivity contribution < 1.29 is 4.79 Å². The number of likely N-dealkylation sites (N-methyl/N-ethyl adjacent to an activating group) is 1. The van der Waals surface area contributed by atoms with E-state index in [1.54, 1.807) is 11.3 Å². The summed E-state index contributed by atoms with van der Waals surface area (Å²) in [7, 11) is 1.89. The Morgan fingerprint density at radius 1 is 1.53 bits per heavy atom. The maximum atomic E-state index is 12.1. The Kier molecular flexibility index (Phi) is 4.81. The Morgan fingerprint density at radius 3 is 2.82 bits per heavy atom. The largest absolute Gasteiger partial charge is 0.340 e. The third-order valence-corrected chi connectivity index (χ3v) is 4.90. The van der Waals surface area contributed by atoms with Crippen LogP contribution in [-0.2, 0) is 0 Å². The second-order valence-corrected chi connectivity index (χ2v) is 7.22. The minimum atomic E-state index is 0.142. The summed E-state index contributed by atoms with van der Waals surface area (Å²) in [5.74, 6) is 0.142. The summed E-state index contributed by atoms with van der Waals surface area (Å²) in [6.45, 7) is 4.21. The molecule has 1 fully saturated rings. The van der Waals surface area contributed by atoms with Gasteiger partial charge in [0.15, 0.2) is 0 Å². The van der Waals surface area contributed by atoms with Crippen molar-refractivity contribution in [2.45, 2.75) is 12.8 Å². The van der Waals surface area contributed by atoms with Crippen molar-refractivity contribution in [3.05, 3.63) is 19.9 Å². The van der Waals surface area contributed by atoms with E-state index in [1.165, 1.54) is 28.8 Å². The van der Waals surface area contributed by atoms with E-state index in [4.69, 9.17) is 0 Å². The number of nitrogens with zero attached hydrogens (tertiary/aromatic N) is 2. The molecular formula is C12H17IN2OS. The quantitative estimate of drug-likeness (QED) is 0.767. The van der Waals surface area contributed by atoms with Crippen LogP contribution in [-0.4, -0.2) is 48.9 Å². The van der Waals surface area contributed by atoms with Crippen molar-refractivity contribution >= 4 is 39.8 Å². The van der Waals surface area contributed by atoms with Crippen LogP contribution in [0.4, 0.5) is 0 Å². The second kappa shape index (κ2) is 6.15. The van der Waals surface area contributed by atoms with Crippen LogP contribution in [0.3, 0.4) is 0 Å². The van der Waals surface area contributed by atoms with Gasteiger partial charge in [0.1, 0.15) is 0 Å². The monoisotopic (exact) mass is 364 g/mol. The SMILES string of the molecule is CN(CCN1CCCC1)C(=O)c1csc(I)c1. The fourth-order valence-corrected chi connectivity index (χ4v) is 3.36. The molecule has 1 aromatic heterocycles. The molecule has 0 saturated carbocycles. The summed E-state index contributed by atoms with van der Waals surface area (Å²) in [6, 6.07) is 1.96. The number of halogens is 1. The minimum Gasteiger partial charge on any atom is -0.340 e. The average molecular weight is 364 g/mol. The molecule has 17 heavy (non-hydrogen) atoms. The average Bonchev–Trinajstić information content (AvgIpc) is 2.95. The predicted molar refractivity (Wildman–Crippen MR) is 79.7 cm³/mol. The molecular weight excluding hydrogens is 347 g/mol. The highest BCUT2D eigenvalue weighted by Gasteiger charge is 2.16. The summed E-state index contributed by atoms with van der Waals surface area (Å²) in [6.07, 6.45) is 2.61. The zero-order valence-electron chi connectivity index (χ0n) is 9.99. The van der Waals surface area contributed by atoms with Crippen molar-refractivity contribution in [1.29, 1.82) is 0 Å². The Hall–Kier alpha value is -0.140. The van der Waals surface area contributed by atoms with Crippen LogP contribution >= 0.6 is 33.9 Å². The number of amides is 1. The lowest BCUT2D eigenvalue weighted by atomic mass is 10.3. The summed E-state index contributed by atoms with van der Waals surface area (Å²) >= 11 is 3.87. The van der Waals surface area contributed by atoms with Crippen molar-refractivity contribution in [3.8, 4) is 0 Å². The Labute approximate surface area is 120 Å². The van der Waals surface area contributed by atoms with E-state index in [-0.39, 0.29) is 5.91 Å². The lowest BCUT2D eigenvalue weighted by molar-refractivity contribution is 0.0783. The molecule has 1 aromatic rings. The molecule has 0 atom stereocenters. The zero-order chi connectivity index (χ0) is 12.3.